The Bertz CT molecular complexity index is 594. The van der Waals surface area contributed by atoms with Gasteiger partial charge in [0.05, 0.1) is 11.6 Å². The minimum Gasteiger partial charge on any atom is -0.317 e. The van der Waals surface area contributed by atoms with E-state index in [9.17, 15) is 4.79 Å². The van der Waals surface area contributed by atoms with Crippen LogP contribution in [-0.4, -0.2) is 30.4 Å². The second-order valence-corrected chi connectivity index (χ2v) is 4.85. The van der Waals surface area contributed by atoms with E-state index in [0.717, 1.165) is 13.1 Å². The van der Waals surface area contributed by atoms with Crippen LogP contribution in [0.3, 0.4) is 0 Å². The molecular formula is C15H18N4O. The summed E-state index contributed by atoms with van der Waals surface area (Å²) in [5.74, 6) is 0.487. The zero-order valence-corrected chi connectivity index (χ0v) is 10.4. The Balaban J connectivity index is 0.00000147. The molecule has 2 aliphatic heterocycles. The van der Waals surface area contributed by atoms with Crippen LogP contribution in [0.4, 0.5) is 0 Å². The molecule has 1 spiro atoms. The third-order valence-corrected chi connectivity index (χ3v) is 3.71. The zero-order chi connectivity index (χ0) is 13.3. The third kappa shape index (κ3) is 2.19. The van der Waals surface area contributed by atoms with Crippen molar-refractivity contribution in [1.82, 2.24) is 10.6 Å². The minimum atomic E-state index is -0.636. The van der Waals surface area contributed by atoms with Crippen LogP contribution in [0.1, 0.15) is 31.4 Å². The van der Waals surface area contributed by atoms with Gasteiger partial charge in [0.1, 0.15) is 11.4 Å². The van der Waals surface area contributed by atoms with Crippen molar-refractivity contribution in [2.45, 2.75) is 25.8 Å². The molecule has 1 saturated heterocycles. The van der Waals surface area contributed by atoms with Crippen molar-refractivity contribution >= 4 is 11.7 Å². The lowest BCUT2D eigenvalue weighted by Crippen LogP contribution is -2.47. The van der Waals surface area contributed by atoms with E-state index in [1.807, 2.05) is 12.1 Å². The molecule has 0 aromatic heterocycles. The summed E-state index contributed by atoms with van der Waals surface area (Å²) in [6.07, 6.45) is 1.41. The number of hydrogen-bond donors (Lipinski definition) is 2. The Kier molecular flexibility index (Phi) is 3.86. The van der Waals surface area contributed by atoms with Gasteiger partial charge in [0, 0.05) is 5.56 Å². The van der Waals surface area contributed by atoms with Crippen LogP contribution in [-0.2, 0) is 4.79 Å². The highest BCUT2D eigenvalue weighted by molar-refractivity contribution is 6.16. The van der Waals surface area contributed by atoms with Gasteiger partial charge in [-0.3, -0.25) is 9.79 Å². The average molecular weight is 270 g/mol. The summed E-state index contributed by atoms with van der Waals surface area (Å²) < 4.78 is 0. The highest BCUT2D eigenvalue weighted by Crippen LogP contribution is 2.28. The molecule has 2 aliphatic rings. The first-order chi connectivity index (χ1) is 9.25. The monoisotopic (exact) mass is 270 g/mol. The quantitative estimate of drug-likeness (QED) is 0.804. The molecule has 20 heavy (non-hydrogen) atoms. The van der Waals surface area contributed by atoms with E-state index in [0.29, 0.717) is 29.8 Å². The minimum absolute atomic E-state index is 0. The number of piperidine rings is 1. The number of nitriles is 1. The van der Waals surface area contributed by atoms with Gasteiger partial charge in [-0.2, -0.15) is 5.26 Å². The largest absolute Gasteiger partial charge is 0.317 e. The molecule has 1 aromatic carbocycles. The van der Waals surface area contributed by atoms with Gasteiger partial charge < -0.3 is 10.6 Å². The van der Waals surface area contributed by atoms with Crippen LogP contribution >= 0.6 is 0 Å². The second-order valence-electron chi connectivity index (χ2n) is 4.85. The predicted molar refractivity (Wildman–Crippen MR) is 77.4 cm³/mol. The SMILES string of the molecule is C.N#Cc1ccccc1C1=NC2(CCNCC2)C(=O)N1. The number of rotatable bonds is 1. The van der Waals surface area contributed by atoms with Crippen molar-refractivity contribution in [3.8, 4) is 6.07 Å². The maximum atomic E-state index is 12.2. The zero-order valence-electron chi connectivity index (χ0n) is 10.4. The fraction of sp³-hybridized carbons (Fsp3) is 0.400. The lowest BCUT2D eigenvalue weighted by molar-refractivity contribution is -0.124. The first-order valence-corrected chi connectivity index (χ1v) is 6.37. The summed E-state index contributed by atoms with van der Waals surface area (Å²) in [5.41, 5.74) is 0.602. The first kappa shape index (κ1) is 14.2. The topological polar surface area (TPSA) is 77.3 Å². The van der Waals surface area contributed by atoms with Gasteiger partial charge in [-0.15, -0.1) is 0 Å². The molecule has 5 nitrogen and oxygen atoms in total. The van der Waals surface area contributed by atoms with Gasteiger partial charge in [-0.1, -0.05) is 19.6 Å². The number of nitrogens with zero attached hydrogens (tertiary/aromatic N) is 2. The maximum Gasteiger partial charge on any atom is 0.253 e. The van der Waals surface area contributed by atoms with Crippen molar-refractivity contribution in [2.75, 3.05) is 13.1 Å². The van der Waals surface area contributed by atoms with Crippen LogP contribution in [0, 0.1) is 11.3 Å². The molecule has 0 saturated carbocycles. The van der Waals surface area contributed by atoms with Gasteiger partial charge in [0.2, 0.25) is 0 Å². The fourth-order valence-electron chi connectivity index (χ4n) is 2.61. The summed E-state index contributed by atoms with van der Waals surface area (Å²) in [4.78, 5) is 16.8. The summed E-state index contributed by atoms with van der Waals surface area (Å²) in [6, 6.07) is 9.34. The molecular weight excluding hydrogens is 252 g/mol. The van der Waals surface area contributed by atoms with Crippen LogP contribution in [0.2, 0.25) is 0 Å². The predicted octanol–water partition coefficient (Wildman–Crippen LogP) is 1.19. The number of nitrogens with one attached hydrogen (secondary N) is 2. The van der Waals surface area contributed by atoms with E-state index in [-0.39, 0.29) is 13.3 Å². The van der Waals surface area contributed by atoms with Crippen molar-refractivity contribution in [3.05, 3.63) is 35.4 Å². The van der Waals surface area contributed by atoms with E-state index < -0.39 is 5.54 Å². The Labute approximate surface area is 118 Å². The molecule has 1 fully saturated rings. The molecule has 1 amide bonds. The number of carbonyl (C=O) groups is 1. The van der Waals surface area contributed by atoms with E-state index >= 15 is 0 Å². The van der Waals surface area contributed by atoms with Crippen LogP contribution in [0.25, 0.3) is 0 Å². The van der Waals surface area contributed by atoms with Gasteiger partial charge in [0.25, 0.3) is 5.91 Å². The number of amidine groups is 1. The number of aliphatic imine (C=N–C) groups is 1. The lowest BCUT2D eigenvalue weighted by atomic mass is 9.89. The summed E-state index contributed by atoms with van der Waals surface area (Å²) in [6.45, 7) is 1.59. The molecule has 0 radical (unpaired) electrons. The summed E-state index contributed by atoms with van der Waals surface area (Å²) >= 11 is 0. The molecule has 0 atom stereocenters. The average Bonchev–Trinajstić information content (AvgIpc) is 2.76. The van der Waals surface area contributed by atoms with E-state index in [1.54, 1.807) is 12.1 Å². The fourth-order valence-corrected chi connectivity index (χ4v) is 2.61. The number of benzene rings is 1. The smallest absolute Gasteiger partial charge is 0.253 e. The Hall–Kier alpha value is -2.19. The standard InChI is InChI=1S/C14H14N4O.CH4/c15-9-10-3-1-2-4-11(10)12-17-13(19)14(18-12)5-7-16-8-6-14;/h1-4,16H,5-8H2,(H,17,18,19);1H4. The van der Waals surface area contributed by atoms with Crippen molar-refractivity contribution in [2.24, 2.45) is 4.99 Å². The highest BCUT2D eigenvalue weighted by Gasteiger charge is 2.44. The number of hydrogen-bond acceptors (Lipinski definition) is 4. The summed E-state index contributed by atoms with van der Waals surface area (Å²) in [5, 5.41) is 15.2. The Morgan fingerprint density at radius 2 is 1.95 bits per heavy atom. The molecule has 0 bridgehead atoms. The molecule has 2 heterocycles. The van der Waals surface area contributed by atoms with Crippen LogP contribution < -0.4 is 10.6 Å². The summed E-state index contributed by atoms with van der Waals surface area (Å²) in [7, 11) is 0. The van der Waals surface area contributed by atoms with E-state index in [2.05, 4.69) is 21.7 Å². The highest BCUT2D eigenvalue weighted by atomic mass is 16.2. The lowest BCUT2D eigenvalue weighted by Gasteiger charge is -2.28. The van der Waals surface area contributed by atoms with Crippen molar-refractivity contribution in [3.63, 3.8) is 0 Å². The van der Waals surface area contributed by atoms with E-state index in [1.165, 1.54) is 0 Å². The molecule has 0 aliphatic carbocycles. The van der Waals surface area contributed by atoms with Crippen LogP contribution in [0.5, 0.6) is 0 Å². The van der Waals surface area contributed by atoms with Gasteiger partial charge in [-0.25, -0.2) is 0 Å². The normalized spacial score (nSPS) is 19.8. The van der Waals surface area contributed by atoms with Crippen molar-refractivity contribution < 1.29 is 4.79 Å². The maximum absolute atomic E-state index is 12.2. The third-order valence-electron chi connectivity index (χ3n) is 3.71. The number of amides is 1. The Morgan fingerprint density at radius 1 is 1.25 bits per heavy atom. The van der Waals surface area contributed by atoms with Gasteiger partial charge in [-0.05, 0) is 38.1 Å². The molecule has 5 heteroatoms. The molecule has 1 aromatic rings. The van der Waals surface area contributed by atoms with Gasteiger partial charge >= 0.3 is 0 Å². The van der Waals surface area contributed by atoms with Crippen molar-refractivity contribution in [1.29, 1.82) is 5.26 Å². The molecule has 2 N–H and O–H groups in total. The van der Waals surface area contributed by atoms with Gasteiger partial charge in [0.15, 0.2) is 0 Å². The molecule has 0 unspecified atom stereocenters. The first-order valence-electron chi connectivity index (χ1n) is 6.37. The second kappa shape index (κ2) is 5.43. The molecule has 104 valence electrons. The van der Waals surface area contributed by atoms with E-state index in [4.69, 9.17) is 5.26 Å². The molecule has 3 rings (SSSR count). The Morgan fingerprint density at radius 3 is 2.65 bits per heavy atom. The van der Waals surface area contributed by atoms with Crippen LogP contribution in [0.15, 0.2) is 29.3 Å². The number of carbonyl (C=O) groups excluding carboxylic acids is 1.